The zero-order chi connectivity index (χ0) is 17.6. The summed E-state index contributed by atoms with van der Waals surface area (Å²) in [6.07, 6.45) is 3.51. The lowest BCUT2D eigenvalue weighted by atomic mass is 10.3. The summed E-state index contributed by atoms with van der Waals surface area (Å²) in [7, 11) is 1.61. The first-order valence-electron chi connectivity index (χ1n) is 7.52. The van der Waals surface area contributed by atoms with Crippen LogP contribution >= 0.6 is 11.8 Å². The van der Waals surface area contributed by atoms with E-state index >= 15 is 0 Å². The minimum Gasteiger partial charge on any atom is -0.497 e. The third-order valence-corrected chi connectivity index (χ3v) is 4.37. The Morgan fingerprint density at radius 2 is 2.08 bits per heavy atom. The van der Waals surface area contributed by atoms with E-state index in [2.05, 4.69) is 10.3 Å². The molecular weight excluding hydrogens is 341 g/mol. The minimum atomic E-state index is -0.340. The highest BCUT2D eigenvalue weighted by molar-refractivity contribution is 7.99. The molecule has 0 saturated carbocycles. The van der Waals surface area contributed by atoms with E-state index in [1.54, 1.807) is 13.3 Å². The number of halogens is 1. The van der Waals surface area contributed by atoms with Crippen molar-refractivity contribution in [1.82, 2.24) is 9.55 Å². The number of imidazole rings is 1. The Hall–Kier alpha value is -2.80. The molecule has 25 heavy (non-hydrogen) atoms. The second-order valence-electron chi connectivity index (χ2n) is 5.13. The molecule has 0 aliphatic heterocycles. The lowest BCUT2D eigenvalue weighted by Crippen LogP contribution is -2.14. The number of thioether (sulfide) groups is 1. The van der Waals surface area contributed by atoms with E-state index in [4.69, 9.17) is 4.74 Å². The Balaban J connectivity index is 1.65. The van der Waals surface area contributed by atoms with E-state index < -0.39 is 0 Å². The number of nitrogens with zero attached hydrogens (tertiary/aromatic N) is 2. The highest BCUT2D eigenvalue weighted by atomic mass is 32.2. The van der Waals surface area contributed by atoms with Crippen LogP contribution in [0, 0.1) is 5.82 Å². The quantitative estimate of drug-likeness (QED) is 0.683. The Bertz CT molecular complexity index is 865. The van der Waals surface area contributed by atoms with Crippen LogP contribution in [0.2, 0.25) is 0 Å². The number of amides is 1. The van der Waals surface area contributed by atoms with E-state index in [1.165, 1.54) is 36.0 Å². The molecule has 0 radical (unpaired) electrons. The van der Waals surface area contributed by atoms with Crippen molar-refractivity contribution in [1.29, 1.82) is 0 Å². The standard InChI is InChI=1S/C18H16FN3O2S/c1-24-16-4-2-3-15(11-16)22-10-9-20-18(22)25-12-17(23)21-14-7-5-13(19)6-8-14/h2-11H,12H2,1H3,(H,21,23). The van der Waals surface area contributed by atoms with E-state index in [0.29, 0.717) is 10.8 Å². The van der Waals surface area contributed by atoms with Gasteiger partial charge in [-0.3, -0.25) is 9.36 Å². The number of methoxy groups -OCH3 is 1. The summed E-state index contributed by atoms with van der Waals surface area (Å²) >= 11 is 1.32. The summed E-state index contributed by atoms with van der Waals surface area (Å²) in [5, 5.41) is 3.42. The molecule has 3 rings (SSSR count). The molecule has 0 aliphatic carbocycles. The second-order valence-corrected chi connectivity index (χ2v) is 6.07. The van der Waals surface area contributed by atoms with Gasteiger partial charge in [0.25, 0.3) is 0 Å². The van der Waals surface area contributed by atoms with Gasteiger partial charge >= 0.3 is 0 Å². The fourth-order valence-corrected chi connectivity index (χ4v) is 2.99. The predicted molar refractivity (Wildman–Crippen MR) is 95.9 cm³/mol. The normalized spacial score (nSPS) is 10.5. The van der Waals surface area contributed by atoms with Crippen LogP contribution in [-0.4, -0.2) is 28.3 Å². The van der Waals surface area contributed by atoms with Crippen LogP contribution in [0.15, 0.2) is 66.1 Å². The molecule has 0 spiro atoms. The van der Waals surface area contributed by atoms with Crippen LogP contribution in [0.5, 0.6) is 5.75 Å². The maximum Gasteiger partial charge on any atom is 0.234 e. The lowest BCUT2D eigenvalue weighted by molar-refractivity contribution is -0.113. The Morgan fingerprint density at radius 1 is 1.28 bits per heavy atom. The van der Waals surface area contributed by atoms with Crippen molar-refractivity contribution in [3.8, 4) is 11.4 Å². The molecular formula is C18H16FN3O2S. The highest BCUT2D eigenvalue weighted by Gasteiger charge is 2.10. The molecule has 1 aromatic heterocycles. The first kappa shape index (κ1) is 17.0. The van der Waals surface area contributed by atoms with Gasteiger partial charge in [0.15, 0.2) is 5.16 Å². The number of aromatic nitrogens is 2. The summed E-state index contributed by atoms with van der Waals surface area (Å²) in [5.74, 6) is 0.416. The van der Waals surface area contributed by atoms with E-state index in [9.17, 15) is 9.18 Å². The number of benzene rings is 2. The molecule has 0 unspecified atom stereocenters. The Morgan fingerprint density at radius 3 is 2.84 bits per heavy atom. The van der Waals surface area contributed by atoms with Crippen molar-refractivity contribution in [3.63, 3.8) is 0 Å². The highest BCUT2D eigenvalue weighted by Crippen LogP contribution is 2.23. The minimum absolute atomic E-state index is 0.184. The molecule has 1 amide bonds. The van der Waals surface area contributed by atoms with Gasteiger partial charge < -0.3 is 10.1 Å². The fraction of sp³-hybridized carbons (Fsp3) is 0.111. The van der Waals surface area contributed by atoms with Gasteiger partial charge in [-0.05, 0) is 36.4 Å². The van der Waals surface area contributed by atoms with Gasteiger partial charge in [0.1, 0.15) is 11.6 Å². The number of rotatable bonds is 6. The van der Waals surface area contributed by atoms with Gasteiger partial charge in [0, 0.05) is 24.1 Å². The average molecular weight is 357 g/mol. The van der Waals surface area contributed by atoms with Crippen LogP contribution in [0.25, 0.3) is 5.69 Å². The number of hydrogen-bond acceptors (Lipinski definition) is 4. The number of nitrogens with one attached hydrogen (secondary N) is 1. The van der Waals surface area contributed by atoms with Crippen molar-refractivity contribution in [2.75, 3.05) is 18.2 Å². The van der Waals surface area contributed by atoms with E-state index in [1.807, 2.05) is 35.0 Å². The number of ether oxygens (including phenoxy) is 1. The van der Waals surface area contributed by atoms with Gasteiger partial charge in [-0.1, -0.05) is 17.8 Å². The molecule has 5 nitrogen and oxygen atoms in total. The molecule has 0 aliphatic rings. The molecule has 1 heterocycles. The van der Waals surface area contributed by atoms with Crippen LogP contribution in [0.3, 0.4) is 0 Å². The molecule has 0 atom stereocenters. The number of hydrogen-bond donors (Lipinski definition) is 1. The van der Waals surface area contributed by atoms with Gasteiger partial charge in [0.2, 0.25) is 5.91 Å². The van der Waals surface area contributed by atoms with Gasteiger partial charge in [-0.2, -0.15) is 0 Å². The third kappa shape index (κ3) is 4.39. The lowest BCUT2D eigenvalue weighted by Gasteiger charge is -2.09. The SMILES string of the molecule is COc1cccc(-n2ccnc2SCC(=O)Nc2ccc(F)cc2)c1. The predicted octanol–water partition coefficient (Wildman–Crippen LogP) is 3.75. The first-order valence-corrected chi connectivity index (χ1v) is 8.50. The largest absolute Gasteiger partial charge is 0.497 e. The first-order chi connectivity index (χ1) is 12.2. The van der Waals surface area contributed by atoms with Crippen molar-refractivity contribution in [2.24, 2.45) is 0 Å². The Labute approximate surface area is 148 Å². The molecule has 1 N–H and O–H groups in total. The molecule has 3 aromatic rings. The smallest absolute Gasteiger partial charge is 0.234 e. The van der Waals surface area contributed by atoms with Crippen LogP contribution in [0.1, 0.15) is 0 Å². The van der Waals surface area contributed by atoms with Crippen molar-refractivity contribution in [2.45, 2.75) is 5.16 Å². The molecule has 0 bridgehead atoms. The van der Waals surface area contributed by atoms with Gasteiger partial charge in [0.05, 0.1) is 18.6 Å². The van der Waals surface area contributed by atoms with Crippen LogP contribution in [-0.2, 0) is 4.79 Å². The van der Waals surface area contributed by atoms with Gasteiger partial charge in [-0.25, -0.2) is 9.37 Å². The molecule has 0 saturated heterocycles. The zero-order valence-corrected chi connectivity index (χ0v) is 14.3. The summed E-state index contributed by atoms with van der Waals surface area (Å²) in [6.45, 7) is 0. The molecule has 7 heteroatoms. The molecule has 0 fully saturated rings. The topological polar surface area (TPSA) is 56.2 Å². The molecule has 128 valence electrons. The monoisotopic (exact) mass is 357 g/mol. The maximum atomic E-state index is 12.9. The number of carbonyl (C=O) groups excluding carboxylic acids is 1. The summed E-state index contributed by atoms with van der Waals surface area (Å²) < 4.78 is 20.0. The maximum absolute atomic E-state index is 12.9. The Kier molecular flexibility index (Phi) is 5.35. The fourth-order valence-electron chi connectivity index (χ4n) is 2.21. The zero-order valence-electron chi connectivity index (χ0n) is 13.5. The van der Waals surface area contributed by atoms with Gasteiger partial charge in [-0.15, -0.1) is 0 Å². The van der Waals surface area contributed by atoms with Crippen LogP contribution < -0.4 is 10.1 Å². The number of anilines is 1. The summed E-state index contributed by atoms with van der Waals surface area (Å²) in [6, 6.07) is 13.2. The number of carbonyl (C=O) groups is 1. The summed E-state index contributed by atoms with van der Waals surface area (Å²) in [5.41, 5.74) is 1.46. The average Bonchev–Trinajstić information content (AvgIpc) is 3.10. The molecule has 2 aromatic carbocycles. The van der Waals surface area contributed by atoms with E-state index in [0.717, 1.165) is 11.4 Å². The van der Waals surface area contributed by atoms with Crippen molar-refractivity contribution >= 4 is 23.4 Å². The van der Waals surface area contributed by atoms with Crippen LogP contribution in [0.4, 0.5) is 10.1 Å². The summed E-state index contributed by atoms with van der Waals surface area (Å²) in [4.78, 5) is 16.4. The second kappa shape index (κ2) is 7.85. The van der Waals surface area contributed by atoms with Crippen molar-refractivity contribution in [3.05, 3.63) is 66.7 Å². The van der Waals surface area contributed by atoms with Crippen molar-refractivity contribution < 1.29 is 13.9 Å². The third-order valence-electron chi connectivity index (χ3n) is 3.40. The van der Waals surface area contributed by atoms with E-state index in [-0.39, 0.29) is 17.5 Å².